The van der Waals surface area contributed by atoms with E-state index in [1.165, 1.54) is 6.07 Å². The third kappa shape index (κ3) is 4.37. The molecule has 0 aromatic heterocycles. The van der Waals surface area contributed by atoms with Crippen molar-refractivity contribution in [1.29, 1.82) is 0 Å². The van der Waals surface area contributed by atoms with Crippen LogP contribution in [0.25, 0.3) is 0 Å². The van der Waals surface area contributed by atoms with Crippen LogP contribution in [0.4, 0.5) is 9.18 Å². The second-order valence-electron chi connectivity index (χ2n) is 6.44. The molecule has 1 aliphatic rings. The summed E-state index contributed by atoms with van der Waals surface area (Å²) in [7, 11) is 0. The Hall–Kier alpha value is -1.23. The molecule has 1 fully saturated rings. The fraction of sp³-hybridized carbons (Fsp3) is 0.562. The maximum atomic E-state index is 13.4. The van der Waals surface area contributed by atoms with Gasteiger partial charge in [-0.2, -0.15) is 0 Å². The molecule has 0 spiro atoms. The lowest BCUT2D eigenvalue weighted by Crippen LogP contribution is -2.41. The number of carbonyl (C=O) groups is 1. The van der Waals surface area contributed by atoms with Crippen molar-refractivity contribution < 1.29 is 13.9 Å². The maximum absolute atomic E-state index is 13.4. The van der Waals surface area contributed by atoms with E-state index < -0.39 is 5.60 Å². The van der Waals surface area contributed by atoms with Gasteiger partial charge in [-0.25, -0.2) is 9.18 Å². The van der Waals surface area contributed by atoms with Crippen LogP contribution in [0.15, 0.2) is 23.1 Å². The molecule has 0 bridgehead atoms. The quantitative estimate of drug-likeness (QED) is 0.787. The molecule has 1 aliphatic heterocycles. The Morgan fingerprint density at radius 3 is 2.52 bits per heavy atom. The number of hydrogen-bond donors (Lipinski definition) is 1. The summed E-state index contributed by atoms with van der Waals surface area (Å²) in [5.41, 5.74) is 0.455. The van der Waals surface area contributed by atoms with Crippen molar-refractivity contribution in [2.24, 2.45) is 0 Å². The Labute approximate surface area is 130 Å². The van der Waals surface area contributed by atoms with Gasteiger partial charge in [-0.05, 0) is 63.3 Å². The molecule has 2 rings (SSSR count). The van der Waals surface area contributed by atoms with Crippen LogP contribution in [0.1, 0.15) is 45.1 Å². The average Bonchev–Trinajstić information content (AvgIpc) is 2.40. The summed E-state index contributed by atoms with van der Waals surface area (Å²) in [5.74, 6) is 0.00394. The molecule has 0 N–H and O–H groups in total. The molecule has 21 heavy (non-hydrogen) atoms. The molecular formula is C16H22FNO2S. The van der Waals surface area contributed by atoms with Crippen molar-refractivity contribution in [3.05, 3.63) is 29.6 Å². The van der Waals surface area contributed by atoms with Crippen molar-refractivity contribution in [2.75, 3.05) is 13.1 Å². The lowest BCUT2D eigenvalue weighted by Gasteiger charge is -2.34. The van der Waals surface area contributed by atoms with E-state index >= 15 is 0 Å². The van der Waals surface area contributed by atoms with E-state index in [0.29, 0.717) is 13.1 Å². The van der Waals surface area contributed by atoms with Crippen molar-refractivity contribution >= 4 is 18.7 Å². The Bertz CT molecular complexity index is 519. The molecular weight excluding hydrogens is 289 g/mol. The van der Waals surface area contributed by atoms with E-state index in [2.05, 4.69) is 12.6 Å². The minimum atomic E-state index is -0.477. The number of piperidine rings is 1. The highest BCUT2D eigenvalue weighted by atomic mass is 32.1. The minimum absolute atomic E-state index is 0.239. The summed E-state index contributed by atoms with van der Waals surface area (Å²) >= 11 is 4.40. The van der Waals surface area contributed by atoms with E-state index in [9.17, 15) is 9.18 Å². The number of carbonyl (C=O) groups excluding carboxylic acids is 1. The number of likely N-dealkylation sites (tertiary alicyclic amines) is 1. The van der Waals surface area contributed by atoms with Gasteiger partial charge in [-0.1, -0.05) is 0 Å². The van der Waals surface area contributed by atoms with E-state index in [1.54, 1.807) is 17.0 Å². The van der Waals surface area contributed by atoms with Crippen LogP contribution in [0.5, 0.6) is 0 Å². The zero-order chi connectivity index (χ0) is 15.6. The van der Waals surface area contributed by atoms with Crippen LogP contribution in [-0.4, -0.2) is 29.7 Å². The number of thiol groups is 1. The number of nitrogens with zero attached hydrogens (tertiary/aromatic N) is 1. The van der Waals surface area contributed by atoms with Gasteiger partial charge < -0.3 is 9.64 Å². The predicted molar refractivity (Wildman–Crippen MR) is 83.4 cm³/mol. The summed E-state index contributed by atoms with van der Waals surface area (Å²) in [6, 6.07) is 4.66. The van der Waals surface area contributed by atoms with Gasteiger partial charge in [0.25, 0.3) is 0 Å². The molecule has 116 valence electrons. The van der Waals surface area contributed by atoms with Crippen LogP contribution < -0.4 is 0 Å². The highest BCUT2D eigenvalue weighted by Crippen LogP contribution is 2.32. The summed E-state index contributed by atoms with van der Waals surface area (Å²) < 4.78 is 18.7. The van der Waals surface area contributed by atoms with Gasteiger partial charge in [0.2, 0.25) is 0 Å². The van der Waals surface area contributed by atoms with Gasteiger partial charge >= 0.3 is 6.09 Å². The number of halogens is 1. The topological polar surface area (TPSA) is 29.5 Å². The van der Waals surface area contributed by atoms with Gasteiger partial charge in [0.15, 0.2) is 0 Å². The van der Waals surface area contributed by atoms with Gasteiger partial charge in [-0.15, -0.1) is 12.6 Å². The zero-order valence-corrected chi connectivity index (χ0v) is 13.6. The van der Waals surface area contributed by atoms with E-state index in [1.807, 2.05) is 20.8 Å². The lowest BCUT2D eigenvalue weighted by atomic mass is 9.89. The number of benzene rings is 1. The Morgan fingerprint density at radius 1 is 1.33 bits per heavy atom. The highest BCUT2D eigenvalue weighted by Gasteiger charge is 2.28. The molecule has 1 amide bonds. The molecule has 0 unspecified atom stereocenters. The van der Waals surface area contributed by atoms with Crippen molar-refractivity contribution in [3.8, 4) is 0 Å². The van der Waals surface area contributed by atoms with Crippen molar-refractivity contribution in [1.82, 2.24) is 4.90 Å². The smallest absolute Gasteiger partial charge is 0.410 e. The van der Waals surface area contributed by atoms with Crippen LogP contribution in [-0.2, 0) is 4.74 Å². The first kappa shape index (κ1) is 16.1. The number of amides is 1. The van der Waals surface area contributed by atoms with E-state index in [-0.39, 0.29) is 17.8 Å². The first-order valence-electron chi connectivity index (χ1n) is 7.22. The summed E-state index contributed by atoms with van der Waals surface area (Å²) in [6.45, 7) is 6.83. The molecule has 1 saturated heterocycles. The van der Waals surface area contributed by atoms with Crippen LogP contribution >= 0.6 is 12.6 Å². The third-order valence-corrected chi connectivity index (χ3v) is 3.98. The normalized spacial score (nSPS) is 16.9. The van der Waals surface area contributed by atoms with Crippen LogP contribution in [0.2, 0.25) is 0 Å². The van der Waals surface area contributed by atoms with Crippen molar-refractivity contribution in [3.63, 3.8) is 0 Å². The number of ether oxygens (including phenoxy) is 1. The monoisotopic (exact) mass is 311 g/mol. The van der Waals surface area contributed by atoms with E-state index in [0.717, 1.165) is 23.3 Å². The van der Waals surface area contributed by atoms with E-state index in [4.69, 9.17) is 4.74 Å². The average molecular weight is 311 g/mol. The van der Waals surface area contributed by atoms with Gasteiger partial charge in [0.05, 0.1) is 0 Å². The Morgan fingerprint density at radius 2 is 1.95 bits per heavy atom. The lowest BCUT2D eigenvalue weighted by molar-refractivity contribution is 0.0204. The summed E-state index contributed by atoms with van der Waals surface area (Å²) in [5, 5.41) is 0. The zero-order valence-electron chi connectivity index (χ0n) is 12.7. The molecule has 0 saturated carbocycles. The second-order valence-corrected chi connectivity index (χ2v) is 6.93. The molecule has 5 heteroatoms. The first-order chi connectivity index (χ1) is 9.76. The van der Waals surface area contributed by atoms with Crippen molar-refractivity contribution in [2.45, 2.75) is 50.0 Å². The summed E-state index contributed by atoms with van der Waals surface area (Å²) in [4.78, 5) is 14.5. The molecule has 1 aromatic carbocycles. The summed E-state index contributed by atoms with van der Waals surface area (Å²) in [6.07, 6.45) is 1.33. The number of rotatable bonds is 1. The molecule has 0 aliphatic carbocycles. The fourth-order valence-corrected chi connectivity index (χ4v) is 2.87. The molecule has 1 heterocycles. The predicted octanol–water partition coefficient (Wildman–Crippen LogP) is 4.23. The Balaban J connectivity index is 1.97. The highest BCUT2D eigenvalue weighted by molar-refractivity contribution is 7.80. The largest absolute Gasteiger partial charge is 0.444 e. The molecule has 1 aromatic rings. The maximum Gasteiger partial charge on any atom is 0.410 e. The van der Waals surface area contributed by atoms with Gasteiger partial charge in [0, 0.05) is 18.0 Å². The molecule has 0 atom stereocenters. The SMILES string of the molecule is CC(C)(C)OC(=O)N1CCC(c2cc(F)ccc2S)CC1. The fourth-order valence-electron chi connectivity index (χ4n) is 2.55. The minimum Gasteiger partial charge on any atom is -0.444 e. The second kappa shape index (κ2) is 6.26. The van der Waals surface area contributed by atoms with Gasteiger partial charge in [0.1, 0.15) is 11.4 Å². The number of hydrogen-bond acceptors (Lipinski definition) is 3. The Kier molecular flexibility index (Phi) is 4.81. The molecule has 3 nitrogen and oxygen atoms in total. The van der Waals surface area contributed by atoms with Gasteiger partial charge in [-0.3, -0.25) is 0 Å². The first-order valence-corrected chi connectivity index (χ1v) is 7.67. The third-order valence-electron chi connectivity index (χ3n) is 3.58. The standard InChI is InChI=1S/C16H22FNO2S/c1-16(2,3)20-15(19)18-8-6-11(7-9-18)13-10-12(17)4-5-14(13)21/h4-5,10-11,21H,6-9H2,1-3H3. The van der Waals surface area contributed by atoms with Crippen LogP contribution in [0, 0.1) is 5.82 Å². The van der Waals surface area contributed by atoms with Crippen LogP contribution in [0.3, 0.4) is 0 Å². The molecule has 0 radical (unpaired) electrons.